The normalized spacial score (nSPS) is 24.5. The molecule has 1 aromatic carbocycles. The molecule has 1 saturated heterocycles. The lowest BCUT2D eigenvalue weighted by Crippen LogP contribution is -2.21. The zero-order chi connectivity index (χ0) is 13.3. The molecule has 0 aromatic heterocycles. The molecule has 1 aliphatic rings. The number of nitrogens with two attached hydrogens (primary N) is 1. The monoisotopic (exact) mass is 316 g/mol. The summed E-state index contributed by atoms with van der Waals surface area (Å²) in [7, 11) is 3.54. The van der Waals surface area contributed by atoms with Crippen molar-refractivity contribution in [3.05, 3.63) is 28.0 Å². The molecule has 0 bridgehead atoms. The Morgan fingerprint density at radius 2 is 2.28 bits per heavy atom. The minimum atomic E-state index is -0.319. The first-order valence-corrected chi connectivity index (χ1v) is 6.80. The lowest BCUT2D eigenvalue weighted by Gasteiger charge is -2.23. The first kappa shape index (κ1) is 13.8. The van der Waals surface area contributed by atoms with Crippen LogP contribution in [0.2, 0.25) is 0 Å². The van der Waals surface area contributed by atoms with Crippen LogP contribution in [0.1, 0.15) is 18.0 Å². The molecule has 0 radical (unpaired) electrons. The minimum absolute atomic E-state index is 0.151. The summed E-state index contributed by atoms with van der Waals surface area (Å²) in [6, 6.07) is 3.30. The van der Waals surface area contributed by atoms with Crippen LogP contribution in [0, 0.1) is 11.7 Å². The van der Waals surface area contributed by atoms with Gasteiger partial charge in [0.05, 0.1) is 7.11 Å². The van der Waals surface area contributed by atoms with Crippen molar-refractivity contribution in [1.82, 2.24) is 4.90 Å². The Hall–Kier alpha value is -0.650. The summed E-state index contributed by atoms with van der Waals surface area (Å²) in [6.07, 6.45) is 0.936. The van der Waals surface area contributed by atoms with Crippen LogP contribution < -0.4 is 10.5 Å². The Balaban J connectivity index is 2.41. The average molecular weight is 317 g/mol. The van der Waals surface area contributed by atoms with Crippen molar-refractivity contribution in [2.75, 3.05) is 27.2 Å². The van der Waals surface area contributed by atoms with Gasteiger partial charge in [0.1, 0.15) is 0 Å². The second-order valence-electron chi connectivity index (χ2n) is 4.77. The number of hydrogen-bond acceptors (Lipinski definition) is 3. The van der Waals surface area contributed by atoms with Gasteiger partial charge < -0.3 is 10.5 Å². The van der Waals surface area contributed by atoms with Crippen LogP contribution >= 0.6 is 15.9 Å². The molecule has 100 valence electrons. The van der Waals surface area contributed by atoms with Crippen molar-refractivity contribution in [3.63, 3.8) is 0 Å². The van der Waals surface area contributed by atoms with Gasteiger partial charge in [-0.15, -0.1) is 0 Å². The number of benzene rings is 1. The Morgan fingerprint density at radius 3 is 2.83 bits per heavy atom. The molecule has 1 aliphatic heterocycles. The highest BCUT2D eigenvalue weighted by Gasteiger charge is 2.33. The summed E-state index contributed by atoms with van der Waals surface area (Å²) >= 11 is 3.50. The summed E-state index contributed by atoms with van der Waals surface area (Å²) in [5.41, 5.74) is 6.62. The molecule has 1 fully saturated rings. The van der Waals surface area contributed by atoms with E-state index in [1.807, 2.05) is 7.05 Å². The molecule has 5 heteroatoms. The van der Waals surface area contributed by atoms with Crippen LogP contribution in [-0.2, 0) is 0 Å². The molecule has 0 saturated carbocycles. The van der Waals surface area contributed by atoms with Gasteiger partial charge >= 0.3 is 0 Å². The molecule has 0 spiro atoms. The summed E-state index contributed by atoms with van der Waals surface area (Å²) in [6.45, 7) is 1.60. The van der Waals surface area contributed by atoms with Crippen LogP contribution in [0.3, 0.4) is 0 Å². The molecule has 2 unspecified atom stereocenters. The van der Waals surface area contributed by atoms with Gasteiger partial charge in [-0.2, -0.15) is 0 Å². The van der Waals surface area contributed by atoms with E-state index in [-0.39, 0.29) is 11.9 Å². The molecule has 2 N–H and O–H groups in total. The average Bonchev–Trinajstić information content (AvgIpc) is 2.73. The molecule has 1 heterocycles. The maximum absolute atomic E-state index is 13.8. The van der Waals surface area contributed by atoms with E-state index in [1.165, 1.54) is 13.2 Å². The fourth-order valence-electron chi connectivity index (χ4n) is 2.68. The fraction of sp³-hybridized carbons (Fsp3) is 0.538. The van der Waals surface area contributed by atoms with E-state index in [0.717, 1.165) is 23.0 Å². The first-order chi connectivity index (χ1) is 8.58. The predicted octanol–water partition coefficient (Wildman–Crippen LogP) is 2.55. The topological polar surface area (TPSA) is 38.5 Å². The molecule has 1 aromatic rings. The number of ether oxygens (including phenoxy) is 1. The third kappa shape index (κ3) is 2.39. The highest BCUT2D eigenvalue weighted by Crippen LogP contribution is 2.42. The molecular formula is C13H18BrFN2O. The highest BCUT2D eigenvalue weighted by atomic mass is 79.9. The van der Waals surface area contributed by atoms with Crippen LogP contribution in [0.15, 0.2) is 16.6 Å². The molecule has 0 amide bonds. The van der Waals surface area contributed by atoms with Gasteiger partial charge in [0.25, 0.3) is 0 Å². The Bertz CT molecular complexity index is 441. The summed E-state index contributed by atoms with van der Waals surface area (Å²) in [5, 5.41) is 0. The number of rotatable bonds is 3. The number of nitrogens with zero attached hydrogens (tertiary/aromatic N) is 1. The third-order valence-corrected chi connectivity index (χ3v) is 4.29. The molecule has 2 rings (SSSR count). The molecule has 18 heavy (non-hydrogen) atoms. The molecule has 0 aliphatic carbocycles. The van der Waals surface area contributed by atoms with Crippen LogP contribution in [0.4, 0.5) is 4.39 Å². The van der Waals surface area contributed by atoms with Crippen molar-refractivity contribution >= 4 is 15.9 Å². The largest absolute Gasteiger partial charge is 0.493 e. The van der Waals surface area contributed by atoms with E-state index in [4.69, 9.17) is 10.5 Å². The van der Waals surface area contributed by atoms with E-state index < -0.39 is 0 Å². The number of methoxy groups -OCH3 is 1. The highest BCUT2D eigenvalue weighted by molar-refractivity contribution is 9.10. The van der Waals surface area contributed by atoms with Gasteiger partial charge in [-0.25, -0.2) is 4.39 Å². The zero-order valence-electron chi connectivity index (χ0n) is 10.6. The Kier molecular flexibility index (Phi) is 4.25. The van der Waals surface area contributed by atoms with Gasteiger partial charge in [0.2, 0.25) is 0 Å². The maximum atomic E-state index is 13.8. The number of hydrogen-bond donors (Lipinski definition) is 1. The van der Waals surface area contributed by atoms with Crippen molar-refractivity contribution in [2.24, 2.45) is 11.7 Å². The van der Waals surface area contributed by atoms with Gasteiger partial charge in [-0.1, -0.05) is 15.9 Å². The zero-order valence-corrected chi connectivity index (χ0v) is 12.2. The molecule has 2 atom stereocenters. The lowest BCUT2D eigenvalue weighted by molar-refractivity contribution is 0.297. The summed E-state index contributed by atoms with van der Waals surface area (Å²) in [4.78, 5) is 2.21. The van der Waals surface area contributed by atoms with E-state index in [2.05, 4.69) is 20.8 Å². The first-order valence-electron chi connectivity index (χ1n) is 6.00. The standard InChI is InChI=1S/C13H18BrFN2O/c1-17-7-8(6-16)5-11(17)12-9(14)3-4-10(15)13(12)18-2/h3-4,8,11H,5-7,16H2,1-2H3. The number of likely N-dealkylation sites (tertiary alicyclic amines) is 1. The SMILES string of the molecule is COc1c(F)ccc(Br)c1C1CC(CN)CN1C. The van der Waals surface area contributed by atoms with Crippen LogP contribution in [0.5, 0.6) is 5.75 Å². The summed E-state index contributed by atoms with van der Waals surface area (Å²) < 4.78 is 19.9. The third-order valence-electron chi connectivity index (χ3n) is 3.60. The second kappa shape index (κ2) is 5.55. The lowest BCUT2D eigenvalue weighted by atomic mass is 9.99. The van der Waals surface area contributed by atoms with Crippen LogP contribution in [0.25, 0.3) is 0 Å². The van der Waals surface area contributed by atoms with Crippen molar-refractivity contribution < 1.29 is 9.13 Å². The fourth-order valence-corrected chi connectivity index (χ4v) is 3.26. The van der Waals surface area contributed by atoms with Gasteiger partial charge in [-0.3, -0.25) is 4.90 Å². The van der Waals surface area contributed by atoms with Crippen molar-refractivity contribution in [1.29, 1.82) is 0 Å². The summed E-state index contributed by atoms with van der Waals surface area (Å²) in [5.74, 6) is 0.471. The van der Waals surface area contributed by atoms with Gasteiger partial charge in [-0.05, 0) is 38.1 Å². The van der Waals surface area contributed by atoms with E-state index in [1.54, 1.807) is 6.07 Å². The predicted molar refractivity (Wildman–Crippen MR) is 73.2 cm³/mol. The van der Waals surface area contributed by atoms with Crippen molar-refractivity contribution in [2.45, 2.75) is 12.5 Å². The quantitative estimate of drug-likeness (QED) is 0.931. The minimum Gasteiger partial charge on any atom is -0.493 e. The van der Waals surface area contributed by atoms with Crippen molar-refractivity contribution in [3.8, 4) is 5.75 Å². The Labute approximate surface area is 115 Å². The maximum Gasteiger partial charge on any atom is 0.165 e. The smallest absolute Gasteiger partial charge is 0.165 e. The van der Waals surface area contributed by atoms with E-state index in [9.17, 15) is 4.39 Å². The second-order valence-corrected chi connectivity index (χ2v) is 5.62. The molecular weight excluding hydrogens is 299 g/mol. The Morgan fingerprint density at radius 1 is 1.56 bits per heavy atom. The molecule has 3 nitrogen and oxygen atoms in total. The van der Waals surface area contributed by atoms with E-state index in [0.29, 0.717) is 18.2 Å². The van der Waals surface area contributed by atoms with Crippen LogP contribution in [-0.4, -0.2) is 32.1 Å². The van der Waals surface area contributed by atoms with Gasteiger partial charge in [0, 0.05) is 22.6 Å². The van der Waals surface area contributed by atoms with Gasteiger partial charge in [0.15, 0.2) is 11.6 Å². The van der Waals surface area contributed by atoms with E-state index >= 15 is 0 Å². The number of halogens is 2.